The molecule has 1 heterocycles. The van der Waals surface area contributed by atoms with E-state index in [4.69, 9.17) is 30.5 Å². The van der Waals surface area contributed by atoms with Gasteiger partial charge < -0.3 is 60.9 Å². The number of ether oxygens (including phenoxy) is 4. The molecule has 2 aromatic rings. The normalized spacial score (nSPS) is 17.4. The molecule has 0 aromatic heterocycles. The van der Waals surface area contributed by atoms with E-state index >= 15 is 0 Å². The Labute approximate surface area is 411 Å². The Morgan fingerprint density at radius 1 is 0.710 bits per heavy atom. The summed E-state index contributed by atoms with van der Waals surface area (Å²) in [7, 11) is 1.41. The van der Waals surface area contributed by atoms with E-state index in [2.05, 4.69) is 31.9 Å². The number of phenolic OH excluding ortho intramolecular Hbond substituents is 1. The van der Waals surface area contributed by atoms with Gasteiger partial charge in [0.1, 0.15) is 46.3 Å². The van der Waals surface area contributed by atoms with Gasteiger partial charge in [0.05, 0.1) is 0 Å². The van der Waals surface area contributed by atoms with E-state index in [0.29, 0.717) is 33.7 Å². The standard InChI is InChI=1S/C49H74ClN7O12/c1-46(2,3)66-42(62)51-22-14-16-33(54-44(64)68-48(7,8)9)28-53-40(60)37-27-31-24-29(18-20-34(31)50)30-19-21-38(58)32(25-30)26-36(56-45(65)69-49(10,11)12)39(59)55-35(41(61)57(37)13)17-15-23-52-43(63)67-47(4,5)6/h18-21,24-25,33,35-37,58H,14-17,22-23,26-28H2,1-13H3,(H,51,62)(H,52,63)(H,53,60)(H,54,64)(H,55,59)(H,56,65)/t33-,35-,36-,37-/m0/s1. The van der Waals surface area contributed by atoms with Crippen molar-refractivity contribution in [1.82, 2.24) is 36.8 Å². The number of nitrogens with one attached hydrogen (secondary N) is 6. The van der Waals surface area contributed by atoms with Gasteiger partial charge >= 0.3 is 24.4 Å². The number of likely N-dealkylation sites (N-methyl/N-ethyl adjacent to an activating group) is 1. The van der Waals surface area contributed by atoms with Crippen LogP contribution in [0, 0.1) is 0 Å². The third-order valence-electron chi connectivity index (χ3n) is 10.0. The monoisotopic (exact) mass is 988 g/mol. The average molecular weight is 989 g/mol. The van der Waals surface area contributed by atoms with Crippen molar-refractivity contribution >= 4 is 53.7 Å². The SMILES string of the molecule is CN1C(=O)[C@H](CCCNC(=O)OC(C)(C)C)NC(=O)[C@@H](NC(=O)OC(C)(C)C)Cc2cc(ccc2O)-c2ccc(Cl)c(c2)C[C@H]1C(=O)NC[C@H](CCCNC(=O)OC(C)(C)C)NC(=O)OC(C)(C)C. The third-order valence-corrected chi connectivity index (χ3v) is 10.4. The van der Waals surface area contributed by atoms with Crippen molar-refractivity contribution in [3.63, 3.8) is 0 Å². The second kappa shape index (κ2) is 24.5. The van der Waals surface area contributed by atoms with Crippen molar-refractivity contribution in [1.29, 1.82) is 0 Å². The fraction of sp³-hybridized carbons (Fsp3) is 0.612. The lowest BCUT2D eigenvalue weighted by Gasteiger charge is -2.32. The number of hydrogen-bond acceptors (Lipinski definition) is 12. The summed E-state index contributed by atoms with van der Waals surface area (Å²) in [6.07, 6.45) is -2.52. The van der Waals surface area contributed by atoms with Gasteiger partial charge in [0.2, 0.25) is 17.7 Å². The van der Waals surface area contributed by atoms with Gasteiger partial charge in [0.15, 0.2) is 0 Å². The van der Waals surface area contributed by atoms with Gasteiger partial charge in [-0.1, -0.05) is 23.7 Å². The average Bonchev–Trinajstić information content (AvgIpc) is 3.19. The Morgan fingerprint density at radius 2 is 1.22 bits per heavy atom. The first kappa shape index (κ1) is 57.3. The number of aromatic hydroxyl groups is 1. The summed E-state index contributed by atoms with van der Waals surface area (Å²) >= 11 is 6.82. The number of hydrogen-bond donors (Lipinski definition) is 7. The molecule has 69 heavy (non-hydrogen) atoms. The molecule has 1 aliphatic rings. The molecule has 2 aromatic carbocycles. The summed E-state index contributed by atoms with van der Waals surface area (Å²) in [4.78, 5) is 96.1. The summed E-state index contributed by atoms with van der Waals surface area (Å²) in [5.41, 5.74) is -1.21. The number of rotatable bonds is 13. The molecule has 7 N–H and O–H groups in total. The minimum atomic E-state index is -1.37. The minimum absolute atomic E-state index is 0.0458. The molecule has 0 unspecified atom stereocenters. The van der Waals surface area contributed by atoms with Crippen molar-refractivity contribution in [3.05, 3.63) is 52.5 Å². The first-order valence-corrected chi connectivity index (χ1v) is 23.5. The minimum Gasteiger partial charge on any atom is -0.508 e. The van der Waals surface area contributed by atoms with Gasteiger partial charge in [-0.05, 0) is 155 Å². The smallest absolute Gasteiger partial charge is 0.408 e. The number of nitrogens with zero attached hydrogens (tertiary/aromatic N) is 1. The Hall–Kier alpha value is -5.98. The van der Waals surface area contributed by atoms with Crippen LogP contribution in [0.4, 0.5) is 19.2 Å². The molecule has 0 fully saturated rings. The van der Waals surface area contributed by atoms with E-state index in [9.17, 15) is 38.7 Å². The van der Waals surface area contributed by atoms with Crippen molar-refractivity contribution in [2.75, 3.05) is 26.7 Å². The summed E-state index contributed by atoms with van der Waals surface area (Å²) in [5, 5.41) is 27.8. The molecule has 0 radical (unpaired) electrons. The summed E-state index contributed by atoms with van der Waals surface area (Å²) in [6, 6.07) is 5.29. The van der Waals surface area contributed by atoms with Crippen molar-refractivity contribution < 1.29 is 57.6 Å². The predicted molar refractivity (Wildman–Crippen MR) is 261 cm³/mol. The molecule has 7 amide bonds. The van der Waals surface area contributed by atoms with E-state index in [1.165, 1.54) is 18.0 Å². The van der Waals surface area contributed by atoms with E-state index in [1.54, 1.807) is 113 Å². The number of carbonyl (C=O) groups is 7. The van der Waals surface area contributed by atoms with Gasteiger partial charge in [-0.3, -0.25) is 14.4 Å². The lowest BCUT2D eigenvalue weighted by Crippen LogP contribution is -2.58. The van der Waals surface area contributed by atoms with E-state index in [0.717, 1.165) is 0 Å². The maximum absolute atomic E-state index is 14.8. The summed E-state index contributed by atoms with van der Waals surface area (Å²) in [6.45, 7) is 20.6. The van der Waals surface area contributed by atoms with Crippen LogP contribution in [0.1, 0.15) is 120 Å². The molecule has 384 valence electrons. The van der Waals surface area contributed by atoms with Crippen LogP contribution in [0.2, 0.25) is 5.02 Å². The van der Waals surface area contributed by atoms with Crippen molar-refractivity contribution in [2.24, 2.45) is 0 Å². The van der Waals surface area contributed by atoms with Gasteiger partial charge in [0.25, 0.3) is 0 Å². The van der Waals surface area contributed by atoms with Crippen LogP contribution in [0.5, 0.6) is 5.75 Å². The molecular formula is C49H74ClN7O12. The molecular weight excluding hydrogens is 914 g/mol. The quantitative estimate of drug-likeness (QED) is 0.0825. The first-order chi connectivity index (χ1) is 31.8. The van der Waals surface area contributed by atoms with Gasteiger partial charge in [-0.25, -0.2) is 19.2 Å². The van der Waals surface area contributed by atoms with Crippen molar-refractivity contribution in [3.8, 4) is 16.9 Å². The molecule has 0 spiro atoms. The third kappa shape index (κ3) is 21.1. The maximum Gasteiger partial charge on any atom is 0.408 e. The fourth-order valence-electron chi connectivity index (χ4n) is 6.97. The van der Waals surface area contributed by atoms with Crippen LogP contribution < -0.4 is 31.9 Å². The van der Waals surface area contributed by atoms with Crippen LogP contribution in [0.25, 0.3) is 11.1 Å². The van der Waals surface area contributed by atoms with E-state index in [1.807, 2.05) is 0 Å². The molecule has 1 aliphatic heterocycles. The molecule has 4 atom stereocenters. The second-order valence-electron chi connectivity index (χ2n) is 21.0. The lowest BCUT2D eigenvalue weighted by molar-refractivity contribution is -0.142. The molecule has 20 heteroatoms. The Morgan fingerprint density at radius 3 is 1.78 bits per heavy atom. The second-order valence-corrected chi connectivity index (χ2v) is 21.4. The van der Waals surface area contributed by atoms with Crippen molar-refractivity contribution in [2.45, 2.75) is 168 Å². The molecule has 4 bridgehead atoms. The Bertz CT molecular complexity index is 2140. The highest BCUT2D eigenvalue weighted by Gasteiger charge is 2.36. The first-order valence-electron chi connectivity index (χ1n) is 23.2. The topological polar surface area (TPSA) is 252 Å². The number of amides is 7. The number of alkyl carbamates (subject to hydrolysis) is 4. The lowest BCUT2D eigenvalue weighted by atomic mass is 9.95. The zero-order chi connectivity index (χ0) is 52.1. The highest BCUT2D eigenvalue weighted by molar-refractivity contribution is 6.31. The van der Waals surface area contributed by atoms with Gasteiger partial charge in [0, 0.05) is 50.6 Å². The highest BCUT2D eigenvalue weighted by Crippen LogP contribution is 2.31. The number of fused-ring (bicyclic) bond motifs is 5. The molecule has 19 nitrogen and oxygen atoms in total. The maximum atomic E-state index is 14.8. The number of halogens is 1. The van der Waals surface area contributed by atoms with E-state index in [-0.39, 0.29) is 57.5 Å². The molecule has 3 rings (SSSR count). The van der Waals surface area contributed by atoms with E-state index < -0.39 is 88.7 Å². The van der Waals surface area contributed by atoms with Crippen LogP contribution >= 0.6 is 11.6 Å². The highest BCUT2D eigenvalue weighted by atomic mass is 35.5. The zero-order valence-electron chi connectivity index (χ0n) is 42.4. The molecule has 0 saturated carbocycles. The zero-order valence-corrected chi connectivity index (χ0v) is 43.2. The number of carbonyl (C=O) groups excluding carboxylic acids is 7. The number of benzene rings is 2. The Kier molecular flexibility index (Phi) is 20.4. The van der Waals surface area contributed by atoms with Gasteiger partial charge in [-0.15, -0.1) is 0 Å². The van der Waals surface area contributed by atoms with Crippen LogP contribution in [0.15, 0.2) is 36.4 Å². The number of phenols is 1. The summed E-state index contributed by atoms with van der Waals surface area (Å²) in [5.74, 6) is -2.28. The van der Waals surface area contributed by atoms with Crippen LogP contribution in [-0.4, -0.2) is 125 Å². The predicted octanol–water partition coefficient (Wildman–Crippen LogP) is 6.64. The van der Waals surface area contributed by atoms with Gasteiger partial charge in [-0.2, -0.15) is 0 Å². The molecule has 0 aliphatic carbocycles. The summed E-state index contributed by atoms with van der Waals surface area (Å²) < 4.78 is 21.7. The van der Waals surface area contributed by atoms with Crippen LogP contribution in [0.3, 0.4) is 0 Å². The largest absolute Gasteiger partial charge is 0.508 e. The fourth-order valence-corrected chi connectivity index (χ4v) is 7.16. The van der Waals surface area contributed by atoms with Crippen LogP contribution in [-0.2, 0) is 46.2 Å². The molecule has 0 saturated heterocycles. The Balaban J connectivity index is 2.08.